The number of hydrogen-bond donors (Lipinski definition) is 0. The number of benzene rings is 2. The van der Waals surface area contributed by atoms with Crippen molar-refractivity contribution in [1.29, 1.82) is 0 Å². The molecule has 0 N–H and O–H groups in total. The lowest BCUT2D eigenvalue weighted by Gasteiger charge is -2.44. The van der Waals surface area contributed by atoms with Crippen LogP contribution in [0.15, 0.2) is 72.8 Å². The van der Waals surface area contributed by atoms with Gasteiger partial charge in [0.25, 0.3) is 0 Å². The fraction of sp³-hybridized carbons (Fsp3) is 0.500. The van der Waals surface area contributed by atoms with Gasteiger partial charge in [0.1, 0.15) is 45.5 Å². The predicted octanol–water partition coefficient (Wildman–Crippen LogP) is 7.32. The number of carbonyl (C=O) groups excluding carboxylic acids is 4. The van der Waals surface area contributed by atoms with Crippen molar-refractivity contribution in [2.45, 2.75) is 103 Å². The van der Waals surface area contributed by atoms with Gasteiger partial charge in [-0.3, -0.25) is 19.2 Å². The molecule has 6 nitrogen and oxygen atoms in total. The van der Waals surface area contributed by atoms with Crippen molar-refractivity contribution in [3.8, 4) is 0 Å². The van der Waals surface area contributed by atoms with Crippen LogP contribution in [-0.4, -0.2) is 23.1 Å². The Labute approximate surface area is 271 Å². The number of rotatable bonds is 0. The molecule has 0 unspecified atom stereocenters. The predicted molar refractivity (Wildman–Crippen MR) is 174 cm³/mol. The van der Waals surface area contributed by atoms with Gasteiger partial charge in [0.2, 0.25) is 0 Å². The van der Waals surface area contributed by atoms with Crippen LogP contribution in [0.5, 0.6) is 0 Å². The van der Waals surface area contributed by atoms with Gasteiger partial charge >= 0.3 is 0 Å². The van der Waals surface area contributed by atoms with Gasteiger partial charge in [-0.1, -0.05) is 48.5 Å². The zero-order chi connectivity index (χ0) is 33.3. The van der Waals surface area contributed by atoms with Crippen LogP contribution >= 0.6 is 0 Å². The third-order valence-electron chi connectivity index (χ3n) is 12.9. The molecule has 5 aliphatic rings. The summed E-state index contributed by atoms with van der Waals surface area (Å²) in [6, 6.07) is 15.6. The second-order valence-corrected chi connectivity index (χ2v) is 16.1. The molecule has 5 heterocycles. The van der Waals surface area contributed by atoms with Gasteiger partial charge in [0.15, 0.2) is 0 Å². The molecule has 2 aromatic rings. The Hall–Kier alpha value is -3.48. The van der Waals surface area contributed by atoms with E-state index in [4.69, 9.17) is 9.47 Å². The Balaban J connectivity index is 1.38. The van der Waals surface area contributed by atoms with E-state index >= 15 is 0 Å². The lowest BCUT2D eigenvalue weighted by atomic mass is 9.60. The molecule has 0 aliphatic carbocycles. The van der Waals surface area contributed by atoms with Gasteiger partial charge in [-0.05, 0) is 102 Å². The summed E-state index contributed by atoms with van der Waals surface area (Å²) in [5, 5.41) is 0. The van der Waals surface area contributed by atoms with E-state index in [2.05, 4.69) is 0 Å². The number of ether oxygens (including phenoxy) is 2. The second kappa shape index (κ2) is 9.11. The number of ketones is 4. The molecule has 0 spiro atoms. The maximum Gasteiger partial charge on any atom is 0.142 e. The monoisotopic (exact) mass is 620 g/mol. The first-order chi connectivity index (χ1) is 21.4. The van der Waals surface area contributed by atoms with Crippen LogP contribution in [0.2, 0.25) is 0 Å². The molecular weight excluding hydrogens is 576 g/mol. The first-order valence-corrected chi connectivity index (χ1v) is 16.5. The number of Topliss-reactive ketones (excluding diaryl/α,β-unsaturated/α-hetero) is 4. The fourth-order valence-electron chi connectivity index (χ4n) is 9.18. The van der Waals surface area contributed by atoms with Crippen LogP contribution in [-0.2, 0) is 51.1 Å². The van der Waals surface area contributed by atoms with E-state index < -0.39 is 44.1 Å². The SMILES string of the molecule is CC1(C)C(=O)CCC(=O)C(C)(C)[C@]23C=C[C@](O2)(c2ccccc23)C(C)(C)C(=O)CCC(=O)C(C)(C)[C@]23C=C[C@]1(O2)c1ccccc13. The van der Waals surface area contributed by atoms with Gasteiger partial charge in [0.05, 0.1) is 21.7 Å². The first kappa shape index (κ1) is 31.1. The Morgan fingerprint density at radius 1 is 0.391 bits per heavy atom. The summed E-state index contributed by atoms with van der Waals surface area (Å²) >= 11 is 0. The number of fused-ring (bicyclic) bond motifs is 2. The number of carbonyl (C=O) groups is 4. The third-order valence-corrected chi connectivity index (χ3v) is 12.9. The average molecular weight is 621 g/mol. The molecule has 7 rings (SSSR count). The van der Waals surface area contributed by atoms with Crippen LogP contribution in [0, 0.1) is 21.7 Å². The highest BCUT2D eigenvalue weighted by Gasteiger charge is 2.70. The highest BCUT2D eigenvalue weighted by atomic mass is 16.5. The van der Waals surface area contributed by atoms with Crippen molar-refractivity contribution in [3.63, 3.8) is 0 Å². The zero-order valence-corrected chi connectivity index (χ0v) is 28.2. The summed E-state index contributed by atoms with van der Waals surface area (Å²) < 4.78 is 14.1. The van der Waals surface area contributed by atoms with E-state index in [-0.39, 0.29) is 48.8 Å². The van der Waals surface area contributed by atoms with Gasteiger partial charge < -0.3 is 9.47 Å². The minimum absolute atomic E-state index is 0.0300. The molecule has 4 bridgehead atoms. The summed E-state index contributed by atoms with van der Waals surface area (Å²) in [5.41, 5.74) is -5.20. The largest absolute Gasteiger partial charge is 0.349 e. The first-order valence-electron chi connectivity index (χ1n) is 16.5. The average Bonchev–Trinajstić information content (AvgIpc) is 3.79. The Morgan fingerprint density at radius 3 is 0.783 bits per heavy atom. The highest BCUT2D eigenvalue weighted by molar-refractivity contribution is 5.96. The minimum Gasteiger partial charge on any atom is -0.349 e. The van der Waals surface area contributed by atoms with Crippen molar-refractivity contribution < 1.29 is 28.7 Å². The molecule has 2 aromatic carbocycles. The van der Waals surface area contributed by atoms with Crippen molar-refractivity contribution in [3.05, 3.63) is 95.1 Å². The lowest BCUT2D eigenvalue weighted by Crippen LogP contribution is -2.50. The van der Waals surface area contributed by atoms with E-state index in [1.165, 1.54) is 0 Å². The minimum atomic E-state index is -1.11. The van der Waals surface area contributed by atoms with Crippen molar-refractivity contribution >= 4 is 23.1 Å². The van der Waals surface area contributed by atoms with Gasteiger partial charge in [-0.25, -0.2) is 0 Å². The molecule has 46 heavy (non-hydrogen) atoms. The van der Waals surface area contributed by atoms with Gasteiger partial charge in [-0.2, -0.15) is 0 Å². The van der Waals surface area contributed by atoms with E-state index in [9.17, 15) is 19.2 Å². The van der Waals surface area contributed by atoms with Crippen LogP contribution in [0.3, 0.4) is 0 Å². The van der Waals surface area contributed by atoms with E-state index in [1.54, 1.807) is 0 Å². The quantitative estimate of drug-likeness (QED) is 0.287. The number of hydrogen-bond acceptors (Lipinski definition) is 6. The van der Waals surface area contributed by atoms with Crippen LogP contribution in [0.25, 0.3) is 0 Å². The van der Waals surface area contributed by atoms with E-state index in [0.29, 0.717) is 0 Å². The molecule has 0 radical (unpaired) electrons. The molecule has 0 amide bonds. The Kier molecular flexibility index (Phi) is 6.16. The van der Waals surface area contributed by atoms with Gasteiger partial charge in [0, 0.05) is 25.7 Å². The van der Waals surface area contributed by atoms with Crippen molar-refractivity contribution in [2.75, 3.05) is 0 Å². The van der Waals surface area contributed by atoms with Crippen LogP contribution in [0.4, 0.5) is 0 Å². The van der Waals surface area contributed by atoms with Crippen LogP contribution in [0.1, 0.15) is 103 Å². The fourth-order valence-corrected chi connectivity index (χ4v) is 9.18. The molecule has 6 heteroatoms. The zero-order valence-electron chi connectivity index (χ0n) is 28.2. The molecule has 0 saturated carbocycles. The summed E-state index contributed by atoms with van der Waals surface area (Å²) in [7, 11) is 0. The van der Waals surface area contributed by atoms with E-state index in [1.807, 2.05) is 128 Å². The lowest BCUT2D eigenvalue weighted by molar-refractivity contribution is -0.187. The molecule has 5 aliphatic heterocycles. The van der Waals surface area contributed by atoms with E-state index in [0.717, 1.165) is 22.3 Å². The maximum absolute atomic E-state index is 14.3. The summed E-state index contributed by atoms with van der Waals surface area (Å²) in [6.07, 6.45) is 7.91. The standard InChI is InChI=1S/C40H44O6/c1-33(2)29(41)17-18-30(42)35(5,6)39-23-24-40(46-39,28-16-12-11-15-27(28)39)36(7,8)32(44)20-19-31(43)34(3,4)38-22-21-37(33,45-38)25-13-9-10-14-26(25)38/h9-16,21-24H,17-20H2,1-8H3/t37-,38+,39+,40-. The maximum atomic E-state index is 14.3. The molecule has 240 valence electrons. The second-order valence-electron chi connectivity index (χ2n) is 16.1. The van der Waals surface area contributed by atoms with Crippen LogP contribution < -0.4 is 0 Å². The normalized spacial score (nSPS) is 36.3. The third kappa shape index (κ3) is 3.30. The Morgan fingerprint density at radius 2 is 0.587 bits per heavy atom. The molecule has 4 atom stereocenters. The highest BCUT2D eigenvalue weighted by Crippen LogP contribution is 2.68. The topological polar surface area (TPSA) is 86.7 Å². The van der Waals surface area contributed by atoms with Crippen molar-refractivity contribution in [1.82, 2.24) is 0 Å². The Bertz CT molecular complexity index is 1550. The molecule has 0 aromatic heterocycles. The summed E-state index contributed by atoms with van der Waals surface area (Å²) in [5.74, 6) is -0.362. The molecule has 1 saturated heterocycles. The smallest absolute Gasteiger partial charge is 0.142 e. The summed E-state index contributed by atoms with van der Waals surface area (Å²) in [4.78, 5) is 57.2. The molecular formula is C40H44O6. The summed E-state index contributed by atoms with van der Waals surface area (Å²) in [6.45, 7) is 15.0. The van der Waals surface area contributed by atoms with Gasteiger partial charge in [-0.15, -0.1) is 0 Å². The molecule has 1 fully saturated rings. The van der Waals surface area contributed by atoms with Crippen molar-refractivity contribution in [2.24, 2.45) is 21.7 Å².